The van der Waals surface area contributed by atoms with Gasteiger partial charge in [-0.3, -0.25) is 0 Å². The summed E-state index contributed by atoms with van der Waals surface area (Å²) >= 11 is 0. The molecule has 0 aromatic heterocycles. The molecule has 0 spiro atoms. The van der Waals surface area contributed by atoms with Gasteiger partial charge in [0.05, 0.1) is 12.2 Å². The summed E-state index contributed by atoms with van der Waals surface area (Å²) in [5.41, 5.74) is 2.74. The van der Waals surface area contributed by atoms with E-state index in [1.807, 2.05) is 0 Å². The lowest BCUT2D eigenvalue weighted by Crippen LogP contribution is -2.25. The Morgan fingerprint density at radius 3 is 2.45 bits per heavy atom. The molecule has 1 saturated heterocycles. The minimum absolute atomic E-state index is 0.188. The number of hydrogen-bond donors (Lipinski definition) is 1. The van der Waals surface area contributed by atoms with Crippen LogP contribution >= 0.6 is 0 Å². The van der Waals surface area contributed by atoms with Crippen molar-refractivity contribution in [2.75, 3.05) is 6.61 Å². The minimum atomic E-state index is -0.293. The third kappa shape index (κ3) is 4.60. The summed E-state index contributed by atoms with van der Waals surface area (Å²) in [4.78, 5) is 0. The maximum atomic E-state index is 10.2. The number of hydrogen-bond acceptors (Lipinski definition) is 2. The molecule has 2 atom stereocenters. The van der Waals surface area contributed by atoms with E-state index in [2.05, 4.69) is 45.0 Å². The van der Waals surface area contributed by atoms with E-state index in [4.69, 9.17) is 4.74 Å². The van der Waals surface area contributed by atoms with E-state index in [1.165, 1.54) is 24.0 Å². The van der Waals surface area contributed by atoms with Crippen LogP contribution in [0.5, 0.6) is 0 Å². The third-order valence-corrected chi connectivity index (χ3v) is 4.10. The lowest BCUT2D eigenvalue weighted by Gasteiger charge is -2.25. The predicted molar refractivity (Wildman–Crippen MR) is 83.1 cm³/mol. The summed E-state index contributed by atoms with van der Waals surface area (Å²) in [5, 5.41) is 10.2. The van der Waals surface area contributed by atoms with Crippen molar-refractivity contribution in [3.05, 3.63) is 35.4 Å². The largest absolute Gasteiger partial charge is 0.393 e. The molecule has 0 amide bonds. The molecule has 20 heavy (non-hydrogen) atoms. The molecule has 0 aliphatic carbocycles. The molecule has 2 unspecified atom stereocenters. The molecule has 1 fully saturated rings. The lowest BCUT2D eigenvalue weighted by atomic mass is 9.86. The van der Waals surface area contributed by atoms with Crippen LogP contribution < -0.4 is 0 Å². The third-order valence-electron chi connectivity index (χ3n) is 4.10. The van der Waals surface area contributed by atoms with Crippen LogP contribution in [0.2, 0.25) is 0 Å². The van der Waals surface area contributed by atoms with Crippen LogP contribution in [0.3, 0.4) is 0 Å². The summed E-state index contributed by atoms with van der Waals surface area (Å²) in [6.07, 6.45) is 4.95. The molecule has 112 valence electrons. The van der Waals surface area contributed by atoms with Crippen LogP contribution in [0.15, 0.2) is 24.3 Å². The fourth-order valence-electron chi connectivity index (χ4n) is 2.79. The average Bonchev–Trinajstić information content (AvgIpc) is 2.39. The van der Waals surface area contributed by atoms with Gasteiger partial charge in [-0.15, -0.1) is 0 Å². The molecule has 2 heteroatoms. The van der Waals surface area contributed by atoms with Crippen molar-refractivity contribution in [3.63, 3.8) is 0 Å². The Morgan fingerprint density at radius 1 is 1.20 bits per heavy atom. The second-order valence-electron chi connectivity index (χ2n) is 7.03. The summed E-state index contributed by atoms with van der Waals surface area (Å²) in [7, 11) is 0. The smallest absolute Gasteiger partial charge is 0.0605 e. The van der Waals surface area contributed by atoms with Gasteiger partial charge in [0, 0.05) is 6.61 Å². The van der Waals surface area contributed by atoms with Crippen molar-refractivity contribution in [2.24, 2.45) is 0 Å². The van der Waals surface area contributed by atoms with Gasteiger partial charge in [0.15, 0.2) is 0 Å². The minimum Gasteiger partial charge on any atom is -0.393 e. The lowest BCUT2D eigenvalue weighted by molar-refractivity contribution is -0.0147. The first kappa shape index (κ1) is 15.5. The summed E-state index contributed by atoms with van der Waals surface area (Å²) in [6, 6.07) is 8.65. The fourth-order valence-corrected chi connectivity index (χ4v) is 2.79. The normalized spacial score (nSPS) is 21.7. The second-order valence-corrected chi connectivity index (χ2v) is 7.03. The highest BCUT2D eigenvalue weighted by Gasteiger charge is 2.18. The van der Waals surface area contributed by atoms with Crippen molar-refractivity contribution >= 4 is 0 Å². The molecular formula is C18H28O2. The first-order valence-electron chi connectivity index (χ1n) is 7.84. The number of ether oxygens (including phenoxy) is 1. The number of aliphatic hydroxyl groups is 1. The van der Waals surface area contributed by atoms with Crippen LogP contribution in [0.4, 0.5) is 0 Å². The van der Waals surface area contributed by atoms with E-state index in [0.29, 0.717) is 0 Å². The quantitative estimate of drug-likeness (QED) is 0.905. The van der Waals surface area contributed by atoms with Gasteiger partial charge >= 0.3 is 0 Å². The molecule has 1 aliphatic rings. The van der Waals surface area contributed by atoms with E-state index >= 15 is 0 Å². The van der Waals surface area contributed by atoms with Gasteiger partial charge in [-0.25, -0.2) is 0 Å². The second kappa shape index (κ2) is 6.73. The van der Waals surface area contributed by atoms with Gasteiger partial charge in [-0.1, -0.05) is 45.0 Å². The van der Waals surface area contributed by atoms with Gasteiger partial charge in [0.2, 0.25) is 0 Å². The first-order valence-corrected chi connectivity index (χ1v) is 7.84. The Bertz CT molecular complexity index is 396. The Balaban J connectivity index is 1.86. The Morgan fingerprint density at radius 2 is 1.90 bits per heavy atom. The molecule has 0 saturated carbocycles. The molecule has 1 aromatic carbocycles. The number of benzene rings is 1. The molecule has 1 N–H and O–H groups in total. The molecule has 1 aromatic rings. The predicted octanol–water partition coefficient (Wildman–Crippen LogP) is 3.85. The van der Waals surface area contributed by atoms with E-state index in [9.17, 15) is 5.11 Å². The van der Waals surface area contributed by atoms with Gasteiger partial charge < -0.3 is 9.84 Å². The van der Waals surface area contributed by atoms with E-state index in [0.717, 1.165) is 25.9 Å². The Kier molecular flexibility index (Phi) is 5.22. The summed E-state index contributed by atoms with van der Waals surface area (Å²) in [5.74, 6) is 0. The maximum absolute atomic E-state index is 10.2. The highest BCUT2D eigenvalue weighted by Crippen LogP contribution is 2.23. The first-order chi connectivity index (χ1) is 9.45. The zero-order valence-electron chi connectivity index (χ0n) is 13.1. The fraction of sp³-hybridized carbons (Fsp3) is 0.667. The monoisotopic (exact) mass is 276 g/mol. The van der Waals surface area contributed by atoms with Crippen LogP contribution in [-0.4, -0.2) is 23.9 Å². The van der Waals surface area contributed by atoms with Gasteiger partial charge in [-0.05, 0) is 48.6 Å². The van der Waals surface area contributed by atoms with E-state index < -0.39 is 0 Å². The van der Waals surface area contributed by atoms with Gasteiger partial charge in [0.1, 0.15) is 0 Å². The van der Waals surface area contributed by atoms with Gasteiger partial charge in [0.25, 0.3) is 0 Å². The summed E-state index contributed by atoms with van der Waals surface area (Å²) in [6.45, 7) is 7.52. The molecule has 1 aliphatic heterocycles. The molecule has 2 rings (SSSR count). The molecular weight excluding hydrogens is 248 g/mol. The van der Waals surface area contributed by atoms with E-state index in [-0.39, 0.29) is 17.6 Å². The topological polar surface area (TPSA) is 29.5 Å². The zero-order valence-corrected chi connectivity index (χ0v) is 13.1. The van der Waals surface area contributed by atoms with Crippen molar-refractivity contribution < 1.29 is 9.84 Å². The molecule has 2 nitrogen and oxygen atoms in total. The van der Waals surface area contributed by atoms with Crippen LogP contribution in [0, 0.1) is 0 Å². The van der Waals surface area contributed by atoms with E-state index in [1.54, 1.807) is 0 Å². The Hall–Kier alpha value is -0.860. The van der Waals surface area contributed by atoms with Crippen molar-refractivity contribution in [3.8, 4) is 0 Å². The molecule has 0 bridgehead atoms. The van der Waals surface area contributed by atoms with Crippen molar-refractivity contribution in [2.45, 2.75) is 70.5 Å². The van der Waals surface area contributed by atoms with Crippen molar-refractivity contribution in [1.29, 1.82) is 0 Å². The highest BCUT2D eigenvalue weighted by molar-refractivity contribution is 5.27. The average molecular weight is 276 g/mol. The summed E-state index contributed by atoms with van der Waals surface area (Å²) < 4.78 is 5.69. The zero-order chi connectivity index (χ0) is 14.6. The standard InChI is InChI=1S/C18H28O2/c1-18(2,3)15-9-7-14(8-10-15)12-16(19)13-17-6-4-5-11-20-17/h7-10,16-17,19H,4-6,11-13H2,1-3H3. The van der Waals surface area contributed by atoms with Crippen molar-refractivity contribution in [1.82, 2.24) is 0 Å². The Labute approximate surface area is 123 Å². The number of rotatable bonds is 4. The van der Waals surface area contributed by atoms with Gasteiger partial charge in [-0.2, -0.15) is 0 Å². The van der Waals surface area contributed by atoms with Crippen LogP contribution in [0.1, 0.15) is 57.6 Å². The molecule has 0 radical (unpaired) electrons. The van der Waals surface area contributed by atoms with Crippen LogP contribution in [-0.2, 0) is 16.6 Å². The highest BCUT2D eigenvalue weighted by atomic mass is 16.5. The maximum Gasteiger partial charge on any atom is 0.0605 e. The van der Waals surface area contributed by atoms with Crippen LogP contribution in [0.25, 0.3) is 0 Å². The molecule has 1 heterocycles. The SMILES string of the molecule is CC(C)(C)c1ccc(CC(O)CC2CCCCO2)cc1. The number of aliphatic hydroxyl groups excluding tert-OH is 1.